The van der Waals surface area contributed by atoms with Crippen LogP contribution in [0.15, 0.2) is 0 Å². The highest BCUT2D eigenvalue weighted by Crippen LogP contribution is 2.51. The van der Waals surface area contributed by atoms with Gasteiger partial charge in [-0.1, -0.05) is 32.6 Å². The summed E-state index contributed by atoms with van der Waals surface area (Å²) in [5.41, 5.74) is 0.752. The molecule has 0 heterocycles. The van der Waals surface area contributed by atoms with Gasteiger partial charge in [0.05, 0.1) is 0 Å². The highest BCUT2D eigenvalue weighted by Gasteiger charge is 2.46. The zero-order valence-electron chi connectivity index (χ0n) is 11.5. The molecule has 0 aromatic carbocycles. The molecular formula is C16H29N. The van der Waals surface area contributed by atoms with Gasteiger partial charge in [-0.05, 0) is 62.3 Å². The van der Waals surface area contributed by atoms with Gasteiger partial charge < -0.3 is 5.32 Å². The zero-order chi connectivity index (χ0) is 11.7. The average molecular weight is 235 g/mol. The minimum atomic E-state index is 0.752. The Kier molecular flexibility index (Phi) is 3.47. The van der Waals surface area contributed by atoms with E-state index < -0.39 is 0 Å². The van der Waals surface area contributed by atoms with Crippen molar-refractivity contribution in [2.75, 3.05) is 6.54 Å². The van der Waals surface area contributed by atoms with Crippen LogP contribution in [0, 0.1) is 17.3 Å². The standard InChI is InChI=1S/C16H29N/c1-13-5-6-14(11-13)12-17-15-7-10-16(15)8-3-2-4-9-16/h13-15,17H,2-12H2,1H3. The molecule has 0 aliphatic heterocycles. The van der Waals surface area contributed by atoms with Gasteiger partial charge in [0, 0.05) is 6.04 Å². The number of nitrogens with one attached hydrogen (secondary N) is 1. The predicted molar refractivity (Wildman–Crippen MR) is 73.0 cm³/mol. The minimum absolute atomic E-state index is 0.752. The second kappa shape index (κ2) is 4.91. The van der Waals surface area contributed by atoms with Gasteiger partial charge in [-0.25, -0.2) is 0 Å². The molecule has 3 fully saturated rings. The summed E-state index contributed by atoms with van der Waals surface area (Å²) in [5.74, 6) is 1.98. The van der Waals surface area contributed by atoms with Gasteiger partial charge in [0.1, 0.15) is 0 Å². The van der Waals surface area contributed by atoms with Crippen molar-refractivity contribution in [1.82, 2.24) is 5.32 Å². The molecule has 3 aliphatic carbocycles. The first-order chi connectivity index (χ1) is 8.28. The van der Waals surface area contributed by atoms with E-state index in [1.165, 1.54) is 70.8 Å². The summed E-state index contributed by atoms with van der Waals surface area (Å²) in [6.45, 7) is 3.74. The van der Waals surface area contributed by atoms with Crippen molar-refractivity contribution < 1.29 is 0 Å². The highest BCUT2D eigenvalue weighted by atomic mass is 15.0. The molecule has 1 spiro atoms. The molecule has 17 heavy (non-hydrogen) atoms. The fourth-order valence-electron chi connectivity index (χ4n) is 4.69. The van der Waals surface area contributed by atoms with E-state index in [-0.39, 0.29) is 0 Å². The summed E-state index contributed by atoms with van der Waals surface area (Å²) in [7, 11) is 0. The van der Waals surface area contributed by atoms with E-state index in [9.17, 15) is 0 Å². The second-order valence-corrected chi connectivity index (χ2v) is 7.21. The van der Waals surface area contributed by atoms with E-state index in [1.54, 1.807) is 0 Å². The smallest absolute Gasteiger partial charge is 0.0124 e. The number of rotatable bonds is 3. The lowest BCUT2D eigenvalue weighted by molar-refractivity contribution is 0.0211. The Morgan fingerprint density at radius 1 is 1.00 bits per heavy atom. The normalized spacial score (nSPS) is 40.4. The van der Waals surface area contributed by atoms with Gasteiger partial charge >= 0.3 is 0 Å². The Balaban J connectivity index is 1.46. The molecule has 0 bridgehead atoms. The average Bonchev–Trinajstić information content (AvgIpc) is 2.75. The van der Waals surface area contributed by atoms with E-state index in [1.807, 2.05) is 0 Å². The Bertz CT molecular complexity index is 254. The molecule has 1 nitrogen and oxygen atoms in total. The topological polar surface area (TPSA) is 12.0 Å². The first-order valence-corrected chi connectivity index (χ1v) is 8.02. The van der Waals surface area contributed by atoms with Crippen LogP contribution in [0.2, 0.25) is 0 Å². The van der Waals surface area contributed by atoms with Gasteiger partial charge in [-0.15, -0.1) is 0 Å². The van der Waals surface area contributed by atoms with Crippen LogP contribution in [0.4, 0.5) is 0 Å². The van der Waals surface area contributed by atoms with Crippen LogP contribution >= 0.6 is 0 Å². The molecule has 0 saturated heterocycles. The highest BCUT2D eigenvalue weighted by molar-refractivity contribution is 5.01. The van der Waals surface area contributed by atoms with Crippen LogP contribution < -0.4 is 5.32 Å². The maximum atomic E-state index is 3.94. The van der Waals surface area contributed by atoms with Crippen LogP contribution in [0.25, 0.3) is 0 Å². The third-order valence-electron chi connectivity index (χ3n) is 5.98. The van der Waals surface area contributed by atoms with Crippen LogP contribution in [-0.2, 0) is 0 Å². The summed E-state index contributed by atoms with van der Waals surface area (Å²) in [6, 6.07) is 0.888. The lowest BCUT2D eigenvalue weighted by atomic mass is 9.57. The molecule has 3 aliphatic rings. The molecule has 0 radical (unpaired) electrons. The van der Waals surface area contributed by atoms with Crippen molar-refractivity contribution in [3.8, 4) is 0 Å². The Morgan fingerprint density at radius 2 is 1.82 bits per heavy atom. The predicted octanol–water partition coefficient (Wildman–Crippen LogP) is 4.13. The Hall–Kier alpha value is -0.0400. The first-order valence-electron chi connectivity index (χ1n) is 8.02. The third-order valence-corrected chi connectivity index (χ3v) is 5.98. The van der Waals surface area contributed by atoms with E-state index in [0.29, 0.717) is 0 Å². The molecule has 3 rings (SSSR count). The number of hydrogen-bond donors (Lipinski definition) is 1. The van der Waals surface area contributed by atoms with Crippen LogP contribution in [0.3, 0.4) is 0 Å². The van der Waals surface area contributed by atoms with Gasteiger partial charge in [-0.2, -0.15) is 0 Å². The summed E-state index contributed by atoms with van der Waals surface area (Å²) < 4.78 is 0. The van der Waals surface area contributed by atoms with Crippen molar-refractivity contribution >= 4 is 0 Å². The number of hydrogen-bond acceptors (Lipinski definition) is 1. The first kappa shape index (κ1) is 12.0. The largest absolute Gasteiger partial charge is 0.313 e. The molecule has 3 saturated carbocycles. The van der Waals surface area contributed by atoms with Crippen molar-refractivity contribution in [1.29, 1.82) is 0 Å². The Labute approximate surface area is 107 Å². The molecule has 0 aromatic heterocycles. The third kappa shape index (κ3) is 2.41. The van der Waals surface area contributed by atoms with E-state index in [4.69, 9.17) is 0 Å². The molecular weight excluding hydrogens is 206 g/mol. The SMILES string of the molecule is CC1CCC(CNC2CCC23CCCCC3)C1. The van der Waals surface area contributed by atoms with Crippen molar-refractivity contribution in [2.24, 2.45) is 17.3 Å². The summed E-state index contributed by atoms with van der Waals surface area (Å²) in [5, 5.41) is 3.94. The van der Waals surface area contributed by atoms with Gasteiger partial charge in [-0.3, -0.25) is 0 Å². The minimum Gasteiger partial charge on any atom is -0.313 e. The fourth-order valence-corrected chi connectivity index (χ4v) is 4.69. The molecule has 0 amide bonds. The van der Waals surface area contributed by atoms with E-state index in [2.05, 4.69) is 12.2 Å². The van der Waals surface area contributed by atoms with Crippen LogP contribution in [0.5, 0.6) is 0 Å². The fraction of sp³-hybridized carbons (Fsp3) is 1.00. The van der Waals surface area contributed by atoms with Crippen molar-refractivity contribution in [3.63, 3.8) is 0 Å². The van der Waals surface area contributed by atoms with Crippen molar-refractivity contribution in [2.45, 2.75) is 77.2 Å². The molecule has 0 aromatic rings. The maximum absolute atomic E-state index is 3.94. The lowest BCUT2D eigenvalue weighted by Crippen LogP contribution is -2.55. The van der Waals surface area contributed by atoms with Gasteiger partial charge in [0.25, 0.3) is 0 Å². The summed E-state index contributed by atoms with van der Waals surface area (Å²) >= 11 is 0. The molecule has 98 valence electrons. The molecule has 3 atom stereocenters. The molecule has 1 heteroatoms. The lowest BCUT2D eigenvalue weighted by Gasteiger charge is -2.53. The zero-order valence-corrected chi connectivity index (χ0v) is 11.5. The Morgan fingerprint density at radius 3 is 2.41 bits per heavy atom. The summed E-state index contributed by atoms with van der Waals surface area (Å²) in [4.78, 5) is 0. The van der Waals surface area contributed by atoms with Crippen LogP contribution in [-0.4, -0.2) is 12.6 Å². The summed E-state index contributed by atoms with van der Waals surface area (Å²) in [6.07, 6.45) is 14.9. The van der Waals surface area contributed by atoms with Gasteiger partial charge in [0.15, 0.2) is 0 Å². The van der Waals surface area contributed by atoms with E-state index in [0.717, 1.165) is 23.3 Å². The monoisotopic (exact) mass is 235 g/mol. The van der Waals surface area contributed by atoms with E-state index >= 15 is 0 Å². The van der Waals surface area contributed by atoms with Gasteiger partial charge in [0.2, 0.25) is 0 Å². The maximum Gasteiger partial charge on any atom is 0.0124 e. The molecule has 3 unspecified atom stereocenters. The van der Waals surface area contributed by atoms with Crippen LogP contribution in [0.1, 0.15) is 71.1 Å². The quantitative estimate of drug-likeness (QED) is 0.775. The van der Waals surface area contributed by atoms with Crippen molar-refractivity contribution in [3.05, 3.63) is 0 Å². The molecule has 1 N–H and O–H groups in total. The second-order valence-electron chi connectivity index (χ2n) is 7.21.